The lowest BCUT2D eigenvalue weighted by atomic mass is 9.45. The minimum Gasteiger partial charge on any atom is -0.481 e. The Morgan fingerprint density at radius 3 is 2.58 bits per heavy atom. The van der Waals surface area contributed by atoms with Crippen LogP contribution in [0.25, 0.3) is 0 Å². The number of ether oxygens (including phenoxy) is 1. The van der Waals surface area contributed by atoms with Crippen LogP contribution in [0, 0.1) is 40.9 Å². The van der Waals surface area contributed by atoms with Crippen LogP contribution < -0.4 is 0 Å². The number of carbonyl (C=O) groups is 3. The number of hydrogen-bond acceptors (Lipinski definition) is 5. The second-order valence-electron chi connectivity index (χ2n) is 10.5. The fraction of sp³-hybridized carbons (Fsp3) is 0.720. The molecule has 0 saturated heterocycles. The third-order valence-corrected chi connectivity index (χ3v) is 9.18. The molecular formula is C25H32O6. The van der Waals surface area contributed by atoms with Gasteiger partial charge in [0.2, 0.25) is 0 Å². The second kappa shape index (κ2) is 7.48. The molecule has 3 fully saturated rings. The number of rotatable bonds is 4. The van der Waals surface area contributed by atoms with E-state index in [2.05, 4.69) is 19.8 Å². The van der Waals surface area contributed by atoms with Gasteiger partial charge in [0.1, 0.15) is 11.7 Å². The maximum atomic E-state index is 12.5. The summed E-state index contributed by atoms with van der Waals surface area (Å²) >= 11 is 0. The number of ketones is 1. The van der Waals surface area contributed by atoms with E-state index in [0.29, 0.717) is 19.3 Å². The number of aliphatic carboxylic acids is 1. The molecular weight excluding hydrogens is 396 g/mol. The van der Waals surface area contributed by atoms with E-state index < -0.39 is 29.1 Å². The summed E-state index contributed by atoms with van der Waals surface area (Å²) in [5.74, 6) is 1.60. The molecule has 0 aromatic rings. The van der Waals surface area contributed by atoms with Gasteiger partial charge < -0.3 is 14.9 Å². The number of carboxylic acids is 1. The van der Waals surface area contributed by atoms with E-state index in [1.165, 1.54) is 0 Å². The third kappa shape index (κ3) is 3.33. The van der Waals surface area contributed by atoms with Crippen LogP contribution >= 0.6 is 0 Å². The van der Waals surface area contributed by atoms with Crippen LogP contribution in [0.5, 0.6) is 0 Å². The molecule has 4 rings (SSSR count). The number of hydrogen-bond donors (Lipinski definition) is 2. The molecule has 0 aromatic carbocycles. The van der Waals surface area contributed by atoms with Crippen molar-refractivity contribution in [1.29, 1.82) is 0 Å². The van der Waals surface area contributed by atoms with Gasteiger partial charge in [-0.05, 0) is 55.4 Å². The molecule has 6 heteroatoms. The van der Waals surface area contributed by atoms with Crippen molar-refractivity contribution in [2.24, 2.45) is 28.6 Å². The van der Waals surface area contributed by atoms with E-state index in [0.717, 1.165) is 31.3 Å². The largest absolute Gasteiger partial charge is 0.481 e. The molecule has 6 nitrogen and oxygen atoms in total. The SMILES string of the molecule is C#C[C@]1(O)CCC2C3C(CC[C@@]21C)[C@@]1(C)CCC(=O)C=C1C[C@H]3OC(=O)CCC(=O)O. The maximum Gasteiger partial charge on any atom is 0.306 e. The number of aliphatic hydroxyl groups is 1. The Kier molecular flexibility index (Phi) is 5.33. The van der Waals surface area contributed by atoms with Crippen LogP contribution in [-0.2, 0) is 19.1 Å². The molecule has 4 aliphatic rings. The molecule has 0 aromatic heterocycles. The second-order valence-corrected chi connectivity index (χ2v) is 10.5. The number of terminal acetylenes is 1. The Morgan fingerprint density at radius 2 is 1.90 bits per heavy atom. The predicted octanol–water partition coefficient (Wildman–Crippen LogP) is 3.27. The van der Waals surface area contributed by atoms with Crippen molar-refractivity contribution in [2.75, 3.05) is 0 Å². The van der Waals surface area contributed by atoms with Gasteiger partial charge in [0.25, 0.3) is 0 Å². The number of carboxylic acid groups (broad SMARTS) is 1. The van der Waals surface area contributed by atoms with E-state index in [9.17, 15) is 19.5 Å². The van der Waals surface area contributed by atoms with Crippen molar-refractivity contribution < 1.29 is 29.3 Å². The Balaban J connectivity index is 1.70. The van der Waals surface area contributed by atoms with Crippen molar-refractivity contribution >= 4 is 17.7 Å². The van der Waals surface area contributed by atoms with E-state index in [1.807, 2.05) is 0 Å². The number of carbonyl (C=O) groups excluding carboxylic acids is 2. The van der Waals surface area contributed by atoms with E-state index in [-0.39, 0.29) is 41.8 Å². The first-order chi connectivity index (χ1) is 14.5. The average Bonchev–Trinajstić information content (AvgIpc) is 2.99. The first-order valence-electron chi connectivity index (χ1n) is 11.4. The lowest BCUT2D eigenvalue weighted by Gasteiger charge is -2.60. The summed E-state index contributed by atoms with van der Waals surface area (Å²) in [7, 11) is 0. The molecule has 0 heterocycles. The van der Waals surface area contributed by atoms with E-state index >= 15 is 0 Å². The molecule has 0 spiro atoms. The number of fused-ring (bicyclic) bond motifs is 5. The highest BCUT2D eigenvalue weighted by Crippen LogP contribution is 2.67. The fourth-order valence-electron chi connectivity index (χ4n) is 7.31. The highest BCUT2D eigenvalue weighted by Gasteiger charge is 2.66. The van der Waals surface area contributed by atoms with Gasteiger partial charge in [-0.2, -0.15) is 0 Å². The van der Waals surface area contributed by atoms with Crippen LogP contribution in [0.3, 0.4) is 0 Å². The molecule has 31 heavy (non-hydrogen) atoms. The summed E-state index contributed by atoms with van der Waals surface area (Å²) in [5.41, 5.74) is -0.688. The predicted molar refractivity (Wildman–Crippen MR) is 113 cm³/mol. The fourth-order valence-corrected chi connectivity index (χ4v) is 7.31. The minimum atomic E-state index is -1.17. The van der Waals surface area contributed by atoms with Gasteiger partial charge in [-0.25, -0.2) is 0 Å². The lowest BCUT2D eigenvalue weighted by Crippen LogP contribution is -2.58. The molecule has 2 N–H and O–H groups in total. The smallest absolute Gasteiger partial charge is 0.306 e. The standard InChI is InChI=1S/C25H32O6/c1-4-25(30)12-9-18-22-17(8-11-24(18,25)3)23(2)10-7-16(26)13-15(23)14-19(22)31-21(29)6-5-20(27)28/h1,13,17-19,22,30H,5-12,14H2,2-3H3,(H,27,28)/t17?,18?,19-,22?,23+,24+,25+/m1/s1. The monoisotopic (exact) mass is 428 g/mol. The van der Waals surface area contributed by atoms with Crippen molar-refractivity contribution in [2.45, 2.75) is 83.3 Å². The topological polar surface area (TPSA) is 101 Å². The van der Waals surface area contributed by atoms with Crippen molar-refractivity contribution in [3.05, 3.63) is 11.6 Å². The van der Waals surface area contributed by atoms with Crippen molar-refractivity contribution in [3.63, 3.8) is 0 Å². The molecule has 168 valence electrons. The first kappa shape index (κ1) is 22.1. The molecule has 0 radical (unpaired) electrons. The average molecular weight is 429 g/mol. The van der Waals surface area contributed by atoms with Gasteiger partial charge in [0.15, 0.2) is 5.78 Å². The zero-order chi connectivity index (χ0) is 22.6. The quantitative estimate of drug-likeness (QED) is 0.526. The van der Waals surface area contributed by atoms with E-state index in [4.69, 9.17) is 16.3 Å². The third-order valence-electron chi connectivity index (χ3n) is 9.18. The van der Waals surface area contributed by atoms with Crippen LogP contribution in [0.2, 0.25) is 0 Å². The highest BCUT2D eigenvalue weighted by molar-refractivity contribution is 5.91. The summed E-state index contributed by atoms with van der Waals surface area (Å²) in [5, 5.41) is 20.1. The van der Waals surface area contributed by atoms with Crippen LogP contribution in [0.15, 0.2) is 11.6 Å². The first-order valence-corrected chi connectivity index (χ1v) is 11.4. The van der Waals surface area contributed by atoms with Crippen molar-refractivity contribution in [3.8, 4) is 12.3 Å². The van der Waals surface area contributed by atoms with Crippen LogP contribution in [0.4, 0.5) is 0 Å². The molecule has 0 aliphatic heterocycles. The zero-order valence-corrected chi connectivity index (χ0v) is 18.4. The Bertz CT molecular complexity index is 883. The molecule has 0 amide bonds. The Labute approximate surface area is 183 Å². The Hall–Kier alpha value is -2.13. The lowest BCUT2D eigenvalue weighted by molar-refractivity contribution is -0.174. The van der Waals surface area contributed by atoms with Gasteiger partial charge >= 0.3 is 11.9 Å². The van der Waals surface area contributed by atoms with Crippen molar-refractivity contribution in [1.82, 2.24) is 0 Å². The summed E-state index contributed by atoms with van der Waals surface area (Å²) in [6.07, 6.45) is 11.4. The summed E-state index contributed by atoms with van der Waals surface area (Å²) in [6, 6.07) is 0. The molecule has 4 aliphatic carbocycles. The maximum absolute atomic E-state index is 12.5. The summed E-state index contributed by atoms with van der Waals surface area (Å²) < 4.78 is 5.91. The minimum absolute atomic E-state index is 0.0326. The van der Waals surface area contributed by atoms with Crippen LogP contribution in [-0.4, -0.2) is 39.6 Å². The highest BCUT2D eigenvalue weighted by atomic mass is 16.5. The van der Waals surface area contributed by atoms with Gasteiger partial charge in [-0.3, -0.25) is 14.4 Å². The van der Waals surface area contributed by atoms with Gasteiger partial charge in [0.05, 0.1) is 12.8 Å². The molecule has 0 bridgehead atoms. The van der Waals surface area contributed by atoms with Gasteiger partial charge in [-0.1, -0.05) is 25.3 Å². The van der Waals surface area contributed by atoms with E-state index in [1.54, 1.807) is 6.08 Å². The number of esters is 1. The summed E-state index contributed by atoms with van der Waals surface area (Å²) in [4.78, 5) is 35.6. The molecule has 7 atom stereocenters. The summed E-state index contributed by atoms with van der Waals surface area (Å²) in [6.45, 7) is 4.30. The zero-order valence-electron chi connectivity index (χ0n) is 18.4. The van der Waals surface area contributed by atoms with Gasteiger partial charge in [-0.15, -0.1) is 6.42 Å². The Morgan fingerprint density at radius 1 is 1.19 bits per heavy atom. The molecule has 3 unspecified atom stereocenters. The normalized spacial score (nSPS) is 43.7. The molecule has 3 saturated carbocycles. The van der Waals surface area contributed by atoms with Gasteiger partial charge in [0, 0.05) is 24.2 Å². The van der Waals surface area contributed by atoms with Crippen LogP contribution in [0.1, 0.15) is 71.6 Å².